The first-order valence-corrected chi connectivity index (χ1v) is 9.20. The summed E-state index contributed by atoms with van der Waals surface area (Å²) in [6.07, 6.45) is 2.39. The van der Waals surface area contributed by atoms with Gasteiger partial charge in [-0.3, -0.25) is 9.69 Å². The molecule has 1 unspecified atom stereocenters. The fourth-order valence-electron chi connectivity index (χ4n) is 4.29. The van der Waals surface area contributed by atoms with Crippen LogP contribution in [0.2, 0.25) is 0 Å². The van der Waals surface area contributed by atoms with Gasteiger partial charge in [0.25, 0.3) is 5.91 Å². The van der Waals surface area contributed by atoms with E-state index < -0.39 is 0 Å². The molecule has 1 aromatic heterocycles. The number of amides is 1. The molecule has 1 amide bonds. The van der Waals surface area contributed by atoms with Crippen molar-refractivity contribution in [3.63, 3.8) is 0 Å². The fourth-order valence-corrected chi connectivity index (χ4v) is 5.09. The predicted octanol–water partition coefficient (Wildman–Crippen LogP) is 3.63. The molecule has 0 saturated carbocycles. The number of hydrogen-bond acceptors (Lipinski definition) is 4. The van der Waals surface area contributed by atoms with E-state index in [0.717, 1.165) is 33.9 Å². The first-order chi connectivity index (χ1) is 10.9. The third-order valence-corrected chi connectivity index (χ3v) is 6.58. The lowest BCUT2D eigenvalue weighted by Crippen LogP contribution is -2.69. The Labute approximate surface area is 153 Å². The molecule has 0 spiro atoms. The van der Waals surface area contributed by atoms with Gasteiger partial charge in [-0.1, -0.05) is 0 Å². The summed E-state index contributed by atoms with van der Waals surface area (Å²) in [6.45, 7) is 8.84. The molecule has 0 aliphatic carbocycles. The maximum atomic E-state index is 12.8. The Hall–Kier alpha value is -1.17. The second-order valence-electron chi connectivity index (χ2n) is 7.34. The Kier molecular flexibility index (Phi) is 4.62. The van der Waals surface area contributed by atoms with E-state index in [-0.39, 0.29) is 29.9 Å². The van der Waals surface area contributed by atoms with Gasteiger partial charge >= 0.3 is 0 Å². The molecule has 4 nitrogen and oxygen atoms in total. The minimum atomic E-state index is 0. The molecule has 130 valence electrons. The molecule has 1 aromatic carbocycles. The number of piperidine rings is 3. The number of aromatic nitrogens is 1. The Morgan fingerprint density at radius 3 is 2.71 bits per heavy atom. The van der Waals surface area contributed by atoms with E-state index in [0.29, 0.717) is 5.92 Å². The molecule has 24 heavy (non-hydrogen) atoms. The summed E-state index contributed by atoms with van der Waals surface area (Å²) < 4.78 is 1.14. The van der Waals surface area contributed by atoms with Crippen molar-refractivity contribution < 1.29 is 4.79 Å². The van der Waals surface area contributed by atoms with Crippen LogP contribution in [-0.2, 0) is 0 Å². The lowest BCUT2D eigenvalue weighted by atomic mass is 9.72. The number of hydrogen-bond donors (Lipinski definition) is 1. The number of benzene rings is 1. The Morgan fingerprint density at radius 2 is 2.04 bits per heavy atom. The second-order valence-corrected chi connectivity index (χ2v) is 8.58. The van der Waals surface area contributed by atoms with Crippen LogP contribution in [0.3, 0.4) is 0 Å². The minimum Gasteiger partial charge on any atom is -0.347 e. The summed E-state index contributed by atoms with van der Waals surface area (Å²) in [4.78, 5) is 19.8. The number of aryl methyl sites for hydroxylation is 1. The standard InChI is InChI=1S/C18H23N3OS.ClH/c1-11-19-14-10-13(4-5-15(14)23-11)17(22)20-16-12-6-8-21(9-7-12)18(16,2)3;/h4-5,10,12,16H,6-9H2,1-3H3,(H,20,22);1H. The molecular formula is C18H24ClN3OS. The number of thiazole rings is 1. The molecule has 5 rings (SSSR count). The highest BCUT2D eigenvalue weighted by Crippen LogP contribution is 2.39. The fraction of sp³-hybridized carbons (Fsp3) is 0.556. The second kappa shape index (κ2) is 6.28. The van der Waals surface area contributed by atoms with E-state index in [2.05, 4.69) is 29.0 Å². The van der Waals surface area contributed by atoms with Crippen molar-refractivity contribution in [2.75, 3.05) is 13.1 Å². The molecule has 1 N–H and O–H groups in total. The van der Waals surface area contributed by atoms with Crippen LogP contribution in [0, 0.1) is 12.8 Å². The molecular weight excluding hydrogens is 342 g/mol. The average Bonchev–Trinajstić information content (AvgIpc) is 2.90. The van der Waals surface area contributed by atoms with E-state index in [1.54, 1.807) is 11.3 Å². The summed E-state index contributed by atoms with van der Waals surface area (Å²) in [5.41, 5.74) is 1.68. The van der Waals surface area contributed by atoms with E-state index in [4.69, 9.17) is 0 Å². The zero-order valence-electron chi connectivity index (χ0n) is 14.3. The average molecular weight is 366 g/mol. The van der Waals surface area contributed by atoms with Crippen LogP contribution in [0.5, 0.6) is 0 Å². The van der Waals surface area contributed by atoms with Crippen molar-refractivity contribution in [3.05, 3.63) is 28.8 Å². The van der Waals surface area contributed by atoms with E-state index in [9.17, 15) is 4.79 Å². The van der Waals surface area contributed by atoms with Crippen LogP contribution in [0.4, 0.5) is 0 Å². The minimum absolute atomic E-state index is 0. The lowest BCUT2D eigenvalue weighted by molar-refractivity contribution is -0.0378. The normalized spacial score (nSPS) is 27.7. The first-order valence-electron chi connectivity index (χ1n) is 8.38. The summed E-state index contributed by atoms with van der Waals surface area (Å²) in [6, 6.07) is 6.08. The van der Waals surface area contributed by atoms with Gasteiger partial charge in [0, 0.05) is 17.1 Å². The van der Waals surface area contributed by atoms with Gasteiger partial charge in [-0.15, -0.1) is 23.7 Å². The quantitative estimate of drug-likeness (QED) is 0.883. The van der Waals surface area contributed by atoms with Gasteiger partial charge in [0.15, 0.2) is 0 Å². The van der Waals surface area contributed by atoms with Crippen LogP contribution >= 0.6 is 23.7 Å². The highest BCUT2D eigenvalue weighted by atomic mass is 35.5. The zero-order valence-corrected chi connectivity index (χ0v) is 16.0. The molecule has 2 bridgehead atoms. The molecule has 3 aliphatic heterocycles. The lowest BCUT2D eigenvalue weighted by Gasteiger charge is -2.56. The highest BCUT2D eigenvalue weighted by molar-refractivity contribution is 7.18. The van der Waals surface area contributed by atoms with Crippen molar-refractivity contribution in [2.45, 2.75) is 45.2 Å². The largest absolute Gasteiger partial charge is 0.347 e. The van der Waals surface area contributed by atoms with E-state index in [1.807, 2.05) is 25.1 Å². The van der Waals surface area contributed by atoms with Gasteiger partial charge in [-0.05, 0) is 70.8 Å². The molecule has 4 heterocycles. The van der Waals surface area contributed by atoms with Gasteiger partial charge < -0.3 is 5.32 Å². The molecule has 3 aliphatic rings. The van der Waals surface area contributed by atoms with Gasteiger partial charge in [-0.2, -0.15) is 0 Å². The number of halogens is 1. The number of fused-ring (bicyclic) bond motifs is 4. The molecule has 1 atom stereocenters. The SMILES string of the molecule is Cc1nc2cc(C(=O)NC3C4CCN(CC4)C3(C)C)ccc2s1.Cl. The molecule has 3 saturated heterocycles. The number of nitrogens with zero attached hydrogens (tertiary/aromatic N) is 2. The summed E-state index contributed by atoms with van der Waals surface area (Å²) in [5.74, 6) is 0.633. The van der Waals surface area contributed by atoms with Gasteiger partial charge in [0.05, 0.1) is 15.2 Å². The van der Waals surface area contributed by atoms with Gasteiger partial charge in [0.1, 0.15) is 0 Å². The molecule has 3 fully saturated rings. The van der Waals surface area contributed by atoms with E-state index in [1.165, 1.54) is 12.8 Å². The third kappa shape index (κ3) is 2.83. The molecule has 0 radical (unpaired) electrons. The van der Waals surface area contributed by atoms with Crippen molar-refractivity contribution in [2.24, 2.45) is 5.92 Å². The maximum absolute atomic E-state index is 12.8. The van der Waals surface area contributed by atoms with Crippen LogP contribution in [0.25, 0.3) is 10.2 Å². The van der Waals surface area contributed by atoms with Crippen LogP contribution < -0.4 is 5.32 Å². The van der Waals surface area contributed by atoms with Crippen molar-refractivity contribution in [1.29, 1.82) is 0 Å². The van der Waals surface area contributed by atoms with E-state index >= 15 is 0 Å². The summed E-state index contributed by atoms with van der Waals surface area (Å²) >= 11 is 1.67. The summed E-state index contributed by atoms with van der Waals surface area (Å²) in [7, 11) is 0. The van der Waals surface area contributed by atoms with Crippen molar-refractivity contribution in [3.8, 4) is 0 Å². The zero-order chi connectivity index (χ0) is 16.2. The topological polar surface area (TPSA) is 45.2 Å². The number of carbonyl (C=O) groups excluding carboxylic acids is 1. The number of rotatable bonds is 2. The Balaban J connectivity index is 0.00000169. The van der Waals surface area contributed by atoms with Crippen LogP contribution in [-0.4, -0.2) is 40.5 Å². The first kappa shape index (κ1) is 17.6. The third-order valence-electron chi connectivity index (χ3n) is 5.63. The van der Waals surface area contributed by atoms with Crippen molar-refractivity contribution in [1.82, 2.24) is 15.2 Å². The number of nitrogens with one attached hydrogen (secondary N) is 1. The number of carbonyl (C=O) groups is 1. The molecule has 6 heteroatoms. The van der Waals surface area contributed by atoms with Crippen molar-refractivity contribution >= 4 is 39.9 Å². The highest BCUT2D eigenvalue weighted by Gasteiger charge is 2.48. The van der Waals surface area contributed by atoms with Gasteiger partial charge in [-0.25, -0.2) is 4.98 Å². The monoisotopic (exact) mass is 365 g/mol. The van der Waals surface area contributed by atoms with Crippen LogP contribution in [0.1, 0.15) is 42.1 Å². The smallest absolute Gasteiger partial charge is 0.251 e. The van der Waals surface area contributed by atoms with Gasteiger partial charge in [0.2, 0.25) is 0 Å². The maximum Gasteiger partial charge on any atom is 0.251 e. The van der Waals surface area contributed by atoms with Crippen LogP contribution in [0.15, 0.2) is 18.2 Å². The predicted molar refractivity (Wildman–Crippen MR) is 101 cm³/mol. The summed E-state index contributed by atoms with van der Waals surface area (Å²) in [5, 5.41) is 4.36. The Morgan fingerprint density at radius 1 is 1.33 bits per heavy atom. The molecule has 2 aromatic rings. The Bertz CT molecular complexity index is 765.